The van der Waals surface area contributed by atoms with Crippen LogP contribution in [-0.4, -0.2) is 48.3 Å². The highest BCUT2D eigenvalue weighted by Gasteiger charge is 2.41. The van der Waals surface area contributed by atoms with Gasteiger partial charge in [0.1, 0.15) is 11.3 Å². The molecule has 6 nitrogen and oxygen atoms in total. The Morgan fingerprint density at radius 2 is 1.93 bits per heavy atom. The summed E-state index contributed by atoms with van der Waals surface area (Å²) in [5.74, 6) is -2.28. The van der Waals surface area contributed by atoms with Crippen molar-refractivity contribution in [1.82, 2.24) is 0 Å². The molecule has 0 spiro atoms. The number of nitrogens with zero attached hydrogens (tertiary/aromatic N) is 1. The molecular weight excluding hydrogens is 403 g/mol. The second-order valence-electron chi connectivity index (χ2n) is 8.71. The number of rotatable bonds is 7. The van der Waals surface area contributed by atoms with Crippen molar-refractivity contribution in [3.63, 3.8) is 0 Å². The molecule has 1 saturated heterocycles. The number of anilines is 1. The van der Waals surface area contributed by atoms with Crippen LogP contribution in [0.3, 0.4) is 0 Å². The van der Waals surface area contributed by atoms with Gasteiger partial charge in [0, 0.05) is 13.1 Å². The first kappa shape index (κ1) is 24.0. The number of piperidine rings is 1. The van der Waals surface area contributed by atoms with Gasteiger partial charge in [-0.25, -0.2) is 0 Å². The zero-order valence-electron chi connectivity index (χ0n) is 17.6. The zero-order valence-corrected chi connectivity index (χ0v) is 17.6. The molecule has 168 valence electrons. The van der Waals surface area contributed by atoms with Gasteiger partial charge in [0.25, 0.3) is 0 Å². The third kappa shape index (κ3) is 6.10. The lowest BCUT2D eigenvalue weighted by Gasteiger charge is -2.35. The molecular formula is C21H28F3NO5. The molecule has 9 heteroatoms. The fourth-order valence-electron chi connectivity index (χ4n) is 3.25. The molecule has 1 heterocycles. The molecule has 0 aliphatic carbocycles. The fourth-order valence-corrected chi connectivity index (χ4v) is 3.25. The van der Waals surface area contributed by atoms with Crippen molar-refractivity contribution in [2.24, 2.45) is 5.92 Å². The van der Waals surface area contributed by atoms with Crippen LogP contribution in [0, 0.1) is 5.92 Å². The summed E-state index contributed by atoms with van der Waals surface area (Å²) in [7, 11) is 0. The molecule has 1 unspecified atom stereocenters. The number of aliphatic carboxylic acids is 1. The van der Waals surface area contributed by atoms with E-state index in [0.717, 1.165) is 6.07 Å². The number of hydrogen-bond donors (Lipinski definition) is 1. The van der Waals surface area contributed by atoms with Gasteiger partial charge in [-0.1, -0.05) is 6.07 Å². The van der Waals surface area contributed by atoms with E-state index in [0.29, 0.717) is 25.7 Å². The number of aldehydes is 1. The van der Waals surface area contributed by atoms with Gasteiger partial charge < -0.3 is 19.5 Å². The fraction of sp³-hybridized carbons (Fsp3) is 0.619. The van der Waals surface area contributed by atoms with Gasteiger partial charge in [-0.2, -0.15) is 13.2 Å². The molecule has 1 aromatic rings. The maximum atomic E-state index is 14.0. The molecule has 1 N–H and O–H groups in total. The summed E-state index contributed by atoms with van der Waals surface area (Å²) in [6.45, 7) is 6.68. The van der Waals surface area contributed by atoms with E-state index in [2.05, 4.69) is 0 Å². The SMILES string of the molecule is CC(C)(C)OCC(C)(C=O)Oc1cccc(N2CCC[C@@H](C(=O)O)C2)c1C(F)(F)F. The van der Waals surface area contributed by atoms with Gasteiger partial charge in [-0.3, -0.25) is 9.59 Å². The van der Waals surface area contributed by atoms with Gasteiger partial charge in [-0.05, 0) is 52.7 Å². The molecule has 0 bridgehead atoms. The summed E-state index contributed by atoms with van der Waals surface area (Å²) in [4.78, 5) is 24.4. The summed E-state index contributed by atoms with van der Waals surface area (Å²) >= 11 is 0. The van der Waals surface area contributed by atoms with Gasteiger partial charge >= 0.3 is 12.1 Å². The van der Waals surface area contributed by atoms with Crippen LogP contribution in [0.15, 0.2) is 18.2 Å². The molecule has 30 heavy (non-hydrogen) atoms. The van der Waals surface area contributed by atoms with Crippen LogP contribution < -0.4 is 9.64 Å². The Labute approximate surface area is 174 Å². The minimum atomic E-state index is -4.77. The van der Waals surface area contributed by atoms with Crippen molar-refractivity contribution in [3.8, 4) is 5.75 Å². The largest absolute Gasteiger partial charge is 0.481 e. The summed E-state index contributed by atoms with van der Waals surface area (Å²) < 4.78 is 53.2. The lowest BCUT2D eigenvalue weighted by atomic mass is 9.96. The van der Waals surface area contributed by atoms with Crippen molar-refractivity contribution in [1.29, 1.82) is 0 Å². The number of carbonyl (C=O) groups is 2. The molecule has 1 aliphatic rings. The normalized spacial score (nSPS) is 19.8. The summed E-state index contributed by atoms with van der Waals surface area (Å²) in [5.41, 5.74) is -3.42. The molecule has 0 saturated carbocycles. The highest BCUT2D eigenvalue weighted by molar-refractivity contribution is 5.72. The Kier molecular flexibility index (Phi) is 7.06. The van der Waals surface area contributed by atoms with Crippen LogP contribution in [0.2, 0.25) is 0 Å². The van der Waals surface area contributed by atoms with E-state index in [1.165, 1.54) is 24.0 Å². The van der Waals surface area contributed by atoms with Crippen molar-refractivity contribution in [2.45, 2.75) is 57.9 Å². The van der Waals surface area contributed by atoms with Crippen molar-refractivity contribution >= 4 is 17.9 Å². The standard InChI is InChI=1S/C21H28F3NO5/c1-19(2,3)29-13-20(4,12-26)30-16-9-5-8-15(17(16)21(22,23)24)25-10-6-7-14(11-25)18(27)28/h5,8-9,12,14H,6-7,10-11,13H2,1-4H3,(H,27,28)/t14-,20?/m1/s1. The minimum Gasteiger partial charge on any atom is -0.481 e. The first-order chi connectivity index (χ1) is 13.8. The maximum absolute atomic E-state index is 14.0. The second-order valence-corrected chi connectivity index (χ2v) is 8.71. The maximum Gasteiger partial charge on any atom is 0.421 e. The first-order valence-electron chi connectivity index (χ1n) is 9.73. The van der Waals surface area contributed by atoms with Gasteiger partial charge in [0.05, 0.1) is 23.8 Å². The van der Waals surface area contributed by atoms with Crippen LogP contribution >= 0.6 is 0 Å². The third-order valence-electron chi connectivity index (χ3n) is 4.78. The molecule has 0 amide bonds. The molecule has 0 aromatic heterocycles. The number of hydrogen-bond acceptors (Lipinski definition) is 5. The summed E-state index contributed by atoms with van der Waals surface area (Å²) in [6.07, 6.45) is -3.47. The van der Waals surface area contributed by atoms with Crippen molar-refractivity contribution in [2.75, 3.05) is 24.6 Å². The van der Waals surface area contributed by atoms with Crippen LogP contribution in [-0.2, 0) is 20.5 Å². The van der Waals surface area contributed by atoms with E-state index in [1.807, 2.05) is 0 Å². The highest BCUT2D eigenvalue weighted by Crippen LogP contribution is 2.44. The number of halogens is 3. The number of carboxylic acid groups (broad SMARTS) is 1. The summed E-state index contributed by atoms with van der Waals surface area (Å²) in [6, 6.07) is 3.85. The first-order valence-corrected chi connectivity index (χ1v) is 9.73. The third-order valence-corrected chi connectivity index (χ3v) is 4.78. The number of benzene rings is 1. The lowest BCUT2D eigenvalue weighted by molar-refractivity contribution is -0.144. The predicted octanol–water partition coefficient (Wildman–Crippen LogP) is 4.16. The second kappa shape index (κ2) is 8.83. The van der Waals surface area contributed by atoms with E-state index in [4.69, 9.17) is 9.47 Å². The average molecular weight is 431 g/mol. The van der Waals surface area contributed by atoms with Gasteiger partial charge in [-0.15, -0.1) is 0 Å². The smallest absolute Gasteiger partial charge is 0.421 e. The lowest BCUT2D eigenvalue weighted by Crippen LogP contribution is -2.43. The van der Waals surface area contributed by atoms with Crippen LogP contribution in [0.1, 0.15) is 46.1 Å². The van der Waals surface area contributed by atoms with E-state index in [-0.39, 0.29) is 18.8 Å². The molecule has 1 fully saturated rings. The average Bonchev–Trinajstić information content (AvgIpc) is 2.65. The Hall–Kier alpha value is -2.29. The van der Waals surface area contributed by atoms with E-state index >= 15 is 0 Å². The molecule has 1 aromatic carbocycles. The van der Waals surface area contributed by atoms with Crippen molar-refractivity contribution in [3.05, 3.63) is 23.8 Å². The molecule has 0 radical (unpaired) electrons. The monoisotopic (exact) mass is 431 g/mol. The van der Waals surface area contributed by atoms with Crippen LogP contribution in [0.5, 0.6) is 5.75 Å². The Morgan fingerprint density at radius 3 is 2.47 bits per heavy atom. The molecule has 2 atom stereocenters. The topological polar surface area (TPSA) is 76.1 Å². The van der Waals surface area contributed by atoms with Gasteiger partial charge in [0.15, 0.2) is 11.9 Å². The Morgan fingerprint density at radius 1 is 1.27 bits per heavy atom. The van der Waals surface area contributed by atoms with Gasteiger partial charge in [0.2, 0.25) is 0 Å². The quantitative estimate of drug-likeness (QED) is 0.654. The molecule has 1 aliphatic heterocycles. The minimum absolute atomic E-state index is 0.0278. The van der Waals surface area contributed by atoms with Crippen LogP contribution in [0.4, 0.5) is 18.9 Å². The predicted molar refractivity (Wildman–Crippen MR) is 105 cm³/mol. The zero-order chi connectivity index (χ0) is 22.7. The van der Waals surface area contributed by atoms with E-state index in [1.54, 1.807) is 20.8 Å². The number of carbonyl (C=O) groups excluding carboxylic acids is 1. The Balaban J connectivity index is 2.42. The molecule has 2 rings (SSSR count). The van der Waals surface area contributed by atoms with E-state index in [9.17, 15) is 27.9 Å². The van der Waals surface area contributed by atoms with Crippen LogP contribution in [0.25, 0.3) is 0 Å². The Bertz CT molecular complexity index is 775. The number of alkyl halides is 3. The number of ether oxygens (including phenoxy) is 2. The van der Waals surface area contributed by atoms with Crippen molar-refractivity contribution < 1.29 is 37.3 Å². The highest BCUT2D eigenvalue weighted by atomic mass is 19.4. The number of carboxylic acids is 1. The summed E-state index contributed by atoms with van der Waals surface area (Å²) in [5, 5.41) is 9.27. The van der Waals surface area contributed by atoms with E-state index < -0.39 is 40.6 Å².